The first-order valence-electron chi connectivity index (χ1n) is 7.69. The van der Waals surface area contributed by atoms with Crippen molar-refractivity contribution in [2.75, 3.05) is 47.9 Å². The van der Waals surface area contributed by atoms with Crippen molar-refractivity contribution in [3.8, 4) is 0 Å². The lowest BCUT2D eigenvalue weighted by Crippen LogP contribution is -2.61. The highest BCUT2D eigenvalue weighted by atomic mass is 16.5. The molecule has 1 unspecified atom stereocenters. The maximum Gasteiger partial charge on any atom is 0.327 e. The van der Waals surface area contributed by atoms with E-state index in [-0.39, 0.29) is 5.97 Å². The first-order valence-corrected chi connectivity index (χ1v) is 7.69. The average Bonchev–Trinajstić information content (AvgIpc) is 3.29. The third-order valence-corrected chi connectivity index (χ3v) is 5.03. The molecule has 5 nitrogen and oxygen atoms in total. The molecule has 1 N–H and O–H groups in total. The molecule has 0 spiro atoms. The van der Waals surface area contributed by atoms with Gasteiger partial charge in [0.25, 0.3) is 0 Å². The molecule has 20 heavy (non-hydrogen) atoms. The maximum absolute atomic E-state index is 12.3. The fraction of sp³-hybridized carbons (Fsp3) is 0.933. The van der Waals surface area contributed by atoms with Crippen molar-refractivity contribution in [2.45, 2.75) is 37.3 Å². The van der Waals surface area contributed by atoms with Crippen molar-refractivity contribution in [1.82, 2.24) is 15.1 Å². The zero-order valence-corrected chi connectivity index (χ0v) is 13.3. The minimum Gasteiger partial charge on any atom is -0.468 e. The molecule has 2 rings (SSSR count). The highest BCUT2D eigenvalue weighted by Crippen LogP contribution is 2.41. The molecule has 0 amide bonds. The number of likely N-dealkylation sites (N-methyl/N-ethyl adjacent to an activating group) is 1. The van der Waals surface area contributed by atoms with Crippen LogP contribution in [0.25, 0.3) is 0 Å². The van der Waals surface area contributed by atoms with Gasteiger partial charge in [-0.1, -0.05) is 0 Å². The topological polar surface area (TPSA) is 44.8 Å². The van der Waals surface area contributed by atoms with Crippen LogP contribution >= 0.6 is 0 Å². The van der Waals surface area contributed by atoms with Crippen LogP contribution < -0.4 is 5.32 Å². The molecule has 0 aromatic rings. The standard InChI is InChI=1S/C15H29N3O2/c1-16-15(12-5-6-12,14(19)20-4)11-18-9-7-13(8-10-18)17(2)3/h12-13,16H,5-11H2,1-4H3. The summed E-state index contributed by atoms with van der Waals surface area (Å²) in [6, 6.07) is 0.675. The summed E-state index contributed by atoms with van der Waals surface area (Å²) >= 11 is 0. The number of esters is 1. The molecule has 1 heterocycles. The summed E-state index contributed by atoms with van der Waals surface area (Å²) < 4.78 is 5.07. The molecule has 1 saturated carbocycles. The number of carbonyl (C=O) groups excluding carboxylic acids is 1. The molecule has 0 bridgehead atoms. The van der Waals surface area contributed by atoms with Crippen LogP contribution in [0.5, 0.6) is 0 Å². The largest absolute Gasteiger partial charge is 0.468 e. The van der Waals surface area contributed by atoms with Crippen molar-refractivity contribution >= 4 is 5.97 Å². The number of hydrogen-bond acceptors (Lipinski definition) is 5. The maximum atomic E-state index is 12.3. The summed E-state index contributed by atoms with van der Waals surface area (Å²) in [6.07, 6.45) is 4.62. The van der Waals surface area contributed by atoms with Gasteiger partial charge in [0.1, 0.15) is 5.54 Å². The van der Waals surface area contributed by atoms with Crippen molar-refractivity contribution in [2.24, 2.45) is 5.92 Å². The van der Waals surface area contributed by atoms with Crippen LogP contribution in [0.1, 0.15) is 25.7 Å². The quantitative estimate of drug-likeness (QED) is 0.722. The summed E-state index contributed by atoms with van der Waals surface area (Å²) in [4.78, 5) is 17.0. The van der Waals surface area contributed by atoms with Gasteiger partial charge >= 0.3 is 5.97 Å². The van der Waals surface area contributed by atoms with Crippen molar-refractivity contribution in [3.63, 3.8) is 0 Å². The van der Waals surface area contributed by atoms with Gasteiger partial charge < -0.3 is 19.9 Å². The minimum absolute atomic E-state index is 0.0998. The normalized spacial score (nSPS) is 24.6. The predicted octanol–water partition coefficient (Wildman–Crippen LogP) is 0.554. The fourth-order valence-electron chi connectivity index (χ4n) is 3.45. The lowest BCUT2D eigenvalue weighted by atomic mass is 9.91. The fourth-order valence-corrected chi connectivity index (χ4v) is 3.45. The molecular weight excluding hydrogens is 254 g/mol. The van der Waals surface area contributed by atoms with Gasteiger partial charge in [-0.05, 0) is 65.8 Å². The second-order valence-electron chi connectivity index (χ2n) is 6.46. The Labute approximate surface area is 122 Å². The number of methoxy groups -OCH3 is 1. The van der Waals surface area contributed by atoms with Gasteiger partial charge in [-0.15, -0.1) is 0 Å². The highest BCUT2D eigenvalue weighted by molar-refractivity contribution is 5.82. The molecule has 1 saturated heterocycles. The van der Waals surface area contributed by atoms with E-state index in [9.17, 15) is 4.79 Å². The summed E-state index contributed by atoms with van der Waals surface area (Å²) in [5, 5.41) is 3.28. The Hall–Kier alpha value is -0.650. The van der Waals surface area contributed by atoms with Crippen molar-refractivity contribution in [3.05, 3.63) is 0 Å². The SMILES string of the molecule is CNC(CN1CCC(N(C)C)CC1)(C(=O)OC)C1CC1. The third kappa shape index (κ3) is 3.15. The summed E-state index contributed by atoms with van der Waals surface area (Å²) in [6.45, 7) is 2.91. The van der Waals surface area contributed by atoms with Gasteiger partial charge in [0.2, 0.25) is 0 Å². The van der Waals surface area contributed by atoms with Gasteiger partial charge in [0.05, 0.1) is 7.11 Å². The van der Waals surface area contributed by atoms with Gasteiger partial charge in [0.15, 0.2) is 0 Å². The van der Waals surface area contributed by atoms with E-state index in [1.165, 1.54) is 20.0 Å². The Balaban J connectivity index is 1.97. The van der Waals surface area contributed by atoms with Gasteiger partial charge in [-0.3, -0.25) is 0 Å². The van der Waals surface area contributed by atoms with E-state index in [0.717, 1.165) is 32.5 Å². The molecule has 116 valence electrons. The number of hydrogen-bond donors (Lipinski definition) is 1. The molecule has 2 fully saturated rings. The Morgan fingerprint density at radius 2 is 1.90 bits per heavy atom. The third-order valence-electron chi connectivity index (χ3n) is 5.03. The summed E-state index contributed by atoms with van der Waals surface area (Å²) in [5.74, 6) is 0.337. The molecule has 2 aliphatic rings. The van der Waals surface area contributed by atoms with Crippen molar-refractivity contribution in [1.29, 1.82) is 0 Å². The van der Waals surface area contributed by atoms with E-state index >= 15 is 0 Å². The monoisotopic (exact) mass is 283 g/mol. The summed E-state index contributed by atoms with van der Waals surface area (Å²) in [5.41, 5.74) is -0.500. The number of piperidine rings is 1. The first-order chi connectivity index (χ1) is 9.53. The number of nitrogens with zero attached hydrogens (tertiary/aromatic N) is 2. The molecule has 1 atom stereocenters. The number of carbonyl (C=O) groups is 1. The lowest BCUT2D eigenvalue weighted by molar-refractivity contribution is -0.150. The van der Waals surface area contributed by atoms with E-state index in [1.807, 2.05) is 7.05 Å². The Kier molecular flexibility index (Phi) is 5.04. The number of likely N-dealkylation sites (tertiary alicyclic amines) is 1. The zero-order valence-electron chi connectivity index (χ0n) is 13.3. The van der Waals surface area contributed by atoms with Crippen LogP contribution in [0.3, 0.4) is 0 Å². The van der Waals surface area contributed by atoms with Crippen LogP contribution in [0, 0.1) is 5.92 Å². The Morgan fingerprint density at radius 3 is 2.30 bits per heavy atom. The van der Waals surface area contributed by atoms with Crippen molar-refractivity contribution < 1.29 is 9.53 Å². The highest BCUT2D eigenvalue weighted by Gasteiger charge is 2.51. The molecule has 1 aliphatic carbocycles. The molecule has 5 heteroatoms. The van der Waals surface area contributed by atoms with E-state index in [1.54, 1.807) is 0 Å². The molecule has 0 aromatic heterocycles. The Bertz CT molecular complexity index is 336. The Morgan fingerprint density at radius 1 is 1.30 bits per heavy atom. The summed E-state index contributed by atoms with van der Waals surface area (Å²) in [7, 11) is 7.69. The second kappa shape index (κ2) is 6.41. The minimum atomic E-state index is -0.500. The van der Waals surface area contributed by atoms with Crippen LogP contribution in [-0.4, -0.2) is 75.2 Å². The average molecular weight is 283 g/mol. The van der Waals surface area contributed by atoms with E-state index < -0.39 is 5.54 Å². The van der Waals surface area contributed by atoms with E-state index in [0.29, 0.717) is 12.0 Å². The smallest absolute Gasteiger partial charge is 0.327 e. The van der Waals surface area contributed by atoms with Gasteiger partial charge in [-0.25, -0.2) is 4.79 Å². The predicted molar refractivity (Wildman–Crippen MR) is 79.7 cm³/mol. The lowest BCUT2D eigenvalue weighted by Gasteiger charge is -2.40. The van der Waals surface area contributed by atoms with Crippen LogP contribution in [0.2, 0.25) is 0 Å². The molecule has 0 aromatic carbocycles. The van der Waals surface area contributed by atoms with Gasteiger partial charge in [-0.2, -0.15) is 0 Å². The van der Waals surface area contributed by atoms with Crippen LogP contribution in [0.15, 0.2) is 0 Å². The molecule has 1 aliphatic heterocycles. The van der Waals surface area contributed by atoms with Crippen LogP contribution in [-0.2, 0) is 9.53 Å². The van der Waals surface area contributed by atoms with Gasteiger partial charge in [0, 0.05) is 12.6 Å². The molecule has 0 radical (unpaired) electrons. The molecular formula is C15H29N3O2. The number of ether oxygens (including phenoxy) is 1. The second-order valence-corrected chi connectivity index (χ2v) is 6.46. The zero-order chi connectivity index (χ0) is 14.8. The van der Waals surface area contributed by atoms with E-state index in [4.69, 9.17) is 4.74 Å². The van der Waals surface area contributed by atoms with Crippen LogP contribution in [0.4, 0.5) is 0 Å². The van der Waals surface area contributed by atoms with E-state index in [2.05, 4.69) is 29.2 Å². The first kappa shape index (κ1) is 15.7. The number of nitrogens with one attached hydrogen (secondary N) is 1. The number of rotatable bonds is 6.